The number of rotatable bonds is 6. The Bertz CT molecular complexity index is 618. The van der Waals surface area contributed by atoms with Crippen molar-refractivity contribution in [3.63, 3.8) is 0 Å². The van der Waals surface area contributed by atoms with E-state index in [4.69, 9.17) is 0 Å². The van der Waals surface area contributed by atoms with Crippen molar-refractivity contribution in [1.29, 1.82) is 0 Å². The van der Waals surface area contributed by atoms with Crippen LogP contribution in [0.25, 0.3) is 0 Å². The van der Waals surface area contributed by atoms with Gasteiger partial charge >= 0.3 is 0 Å². The van der Waals surface area contributed by atoms with Gasteiger partial charge in [0.05, 0.1) is 6.54 Å². The summed E-state index contributed by atoms with van der Waals surface area (Å²) < 4.78 is 0. The van der Waals surface area contributed by atoms with Crippen molar-refractivity contribution in [2.75, 3.05) is 26.7 Å². The van der Waals surface area contributed by atoms with Crippen LogP contribution < -0.4 is 0 Å². The summed E-state index contributed by atoms with van der Waals surface area (Å²) in [5.41, 5.74) is 1.41. The molecule has 0 unspecified atom stereocenters. The second-order valence-corrected chi connectivity index (χ2v) is 7.80. The van der Waals surface area contributed by atoms with Crippen LogP contribution >= 0.6 is 11.3 Å². The van der Waals surface area contributed by atoms with E-state index in [2.05, 4.69) is 52.7 Å². The second kappa shape index (κ2) is 8.45. The quantitative estimate of drug-likeness (QED) is 0.800. The summed E-state index contributed by atoms with van der Waals surface area (Å²) in [4.78, 5) is 18.0. The van der Waals surface area contributed by atoms with Gasteiger partial charge in [-0.1, -0.05) is 36.4 Å². The first-order chi connectivity index (χ1) is 11.7. The highest BCUT2D eigenvalue weighted by atomic mass is 32.1. The van der Waals surface area contributed by atoms with E-state index in [0.717, 1.165) is 38.9 Å². The Hall–Kier alpha value is -1.65. The maximum atomic E-state index is 12.5. The van der Waals surface area contributed by atoms with Gasteiger partial charge in [0.1, 0.15) is 0 Å². The number of benzene rings is 1. The fourth-order valence-corrected chi connectivity index (χ4v) is 4.17. The van der Waals surface area contributed by atoms with Gasteiger partial charge in [0, 0.05) is 24.5 Å². The average molecular weight is 343 g/mol. The van der Waals surface area contributed by atoms with Crippen LogP contribution in [0.3, 0.4) is 0 Å². The van der Waals surface area contributed by atoms with Crippen LogP contribution in [0.2, 0.25) is 0 Å². The lowest BCUT2D eigenvalue weighted by Gasteiger charge is -2.33. The standard InChI is InChI=1S/C20H26N2OS/c1-21(15-19-8-5-13-24-19)16-20(23)22-11-9-18(10-12-22)14-17-6-3-2-4-7-17/h2-8,13,18H,9-12,14-16H2,1H3. The SMILES string of the molecule is CN(CC(=O)N1CCC(Cc2ccccc2)CC1)Cc1cccs1. The third kappa shape index (κ3) is 4.92. The molecule has 0 saturated carbocycles. The highest BCUT2D eigenvalue weighted by molar-refractivity contribution is 7.09. The van der Waals surface area contributed by atoms with Crippen molar-refractivity contribution in [2.24, 2.45) is 5.92 Å². The molecule has 1 amide bonds. The van der Waals surface area contributed by atoms with Crippen LogP contribution in [0.15, 0.2) is 47.8 Å². The summed E-state index contributed by atoms with van der Waals surface area (Å²) >= 11 is 1.75. The van der Waals surface area contributed by atoms with Gasteiger partial charge in [-0.05, 0) is 49.2 Å². The van der Waals surface area contributed by atoms with E-state index in [-0.39, 0.29) is 5.91 Å². The zero-order valence-corrected chi connectivity index (χ0v) is 15.2. The lowest BCUT2D eigenvalue weighted by atomic mass is 9.90. The molecular weight excluding hydrogens is 316 g/mol. The summed E-state index contributed by atoms with van der Waals surface area (Å²) in [6, 6.07) is 14.9. The number of piperidine rings is 1. The van der Waals surface area contributed by atoms with E-state index in [1.807, 2.05) is 11.9 Å². The fourth-order valence-electron chi connectivity index (χ4n) is 3.39. The van der Waals surface area contributed by atoms with E-state index in [1.54, 1.807) is 11.3 Å². The normalized spacial score (nSPS) is 15.8. The minimum absolute atomic E-state index is 0.271. The van der Waals surface area contributed by atoms with E-state index in [9.17, 15) is 4.79 Å². The molecule has 1 aromatic heterocycles. The second-order valence-electron chi connectivity index (χ2n) is 6.77. The zero-order chi connectivity index (χ0) is 16.8. The number of thiophene rings is 1. The van der Waals surface area contributed by atoms with Crippen molar-refractivity contribution < 1.29 is 4.79 Å². The monoisotopic (exact) mass is 342 g/mol. The molecule has 1 aromatic carbocycles. The third-order valence-electron chi connectivity index (χ3n) is 4.75. The summed E-state index contributed by atoms with van der Waals surface area (Å²) in [7, 11) is 2.03. The van der Waals surface area contributed by atoms with E-state index < -0.39 is 0 Å². The molecule has 1 fully saturated rings. The number of nitrogens with zero attached hydrogens (tertiary/aromatic N) is 2. The summed E-state index contributed by atoms with van der Waals surface area (Å²) in [6.45, 7) is 3.18. The van der Waals surface area contributed by atoms with Crippen molar-refractivity contribution >= 4 is 17.2 Å². The molecule has 1 aliphatic heterocycles. The van der Waals surface area contributed by atoms with Crippen molar-refractivity contribution in [2.45, 2.75) is 25.8 Å². The molecule has 0 spiro atoms. The van der Waals surface area contributed by atoms with Crippen LogP contribution in [0.4, 0.5) is 0 Å². The summed E-state index contributed by atoms with van der Waals surface area (Å²) in [5.74, 6) is 0.979. The Kier molecular flexibility index (Phi) is 6.05. The van der Waals surface area contributed by atoms with Gasteiger partial charge < -0.3 is 4.90 Å². The van der Waals surface area contributed by atoms with Gasteiger partial charge in [0.15, 0.2) is 0 Å². The van der Waals surface area contributed by atoms with Crippen LogP contribution in [0, 0.1) is 5.92 Å². The predicted octanol–water partition coefficient (Wildman–Crippen LogP) is 3.66. The smallest absolute Gasteiger partial charge is 0.236 e. The topological polar surface area (TPSA) is 23.6 Å². The molecule has 0 radical (unpaired) electrons. The minimum Gasteiger partial charge on any atom is -0.342 e. The Morgan fingerprint density at radius 2 is 1.92 bits per heavy atom. The Morgan fingerprint density at radius 3 is 2.58 bits per heavy atom. The average Bonchev–Trinajstić information content (AvgIpc) is 3.09. The van der Waals surface area contributed by atoms with Crippen LogP contribution in [-0.2, 0) is 17.8 Å². The number of likely N-dealkylation sites (tertiary alicyclic amines) is 1. The lowest BCUT2D eigenvalue weighted by Crippen LogP contribution is -2.43. The first-order valence-corrected chi connectivity index (χ1v) is 9.61. The molecule has 24 heavy (non-hydrogen) atoms. The highest BCUT2D eigenvalue weighted by Crippen LogP contribution is 2.22. The fraction of sp³-hybridized carbons (Fsp3) is 0.450. The van der Waals surface area contributed by atoms with Gasteiger partial charge in [-0.15, -0.1) is 11.3 Å². The number of carbonyl (C=O) groups excluding carboxylic acids is 1. The van der Waals surface area contributed by atoms with Gasteiger partial charge in [0.2, 0.25) is 5.91 Å². The zero-order valence-electron chi connectivity index (χ0n) is 14.4. The largest absolute Gasteiger partial charge is 0.342 e. The summed E-state index contributed by atoms with van der Waals surface area (Å²) in [6.07, 6.45) is 3.38. The minimum atomic E-state index is 0.271. The van der Waals surface area contributed by atoms with Crippen molar-refractivity contribution in [3.8, 4) is 0 Å². The molecular formula is C20H26N2OS. The van der Waals surface area contributed by atoms with Crippen molar-refractivity contribution in [1.82, 2.24) is 9.80 Å². The van der Waals surface area contributed by atoms with Crippen LogP contribution in [0.5, 0.6) is 0 Å². The molecule has 1 saturated heterocycles. The molecule has 2 aromatic rings. The number of amides is 1. The number of carbonyl (C=O) groups is 1. The maximum Gasteiger partial charge on any atom is 0.236 e. The van der Waals surface area contributed by atoms with Gasteiger partial charge in [-0.3, -0.25) is 9.69 Å². The molecule has 0 atom stereocenters. The molecule has 128 valence electrons. The third-order valence-corrected chi connectivity index (χ3v) is 5.61. The lowest BCUT2D eigenvalue weighted by molar-refractivity contribution is -0.133. The predicted molar refractivity (Wildman–Crippen MR) is 100 cm³/mol. The molecule has 0 N–H and O–H groups in total. The van der Waals surface area contributed by atoms with Gasteiger partial charge in [0.25, 0.3) is 0 Å². The Balaban J connectivity index is 1.41. The molecule has 3 nitrogen and oxygen atoms in total. The first-order valence-electron chi connectivity index (χ1n) is 8.73. The summed E-state index contributed by atoms with van der Waals surface area (Å²) in [5, 5.41) is 2.09. The maximum absolute atomic E-state index is 12.5. The number of hydrogen-bond acceptors (Lipinski definition) is 3. The molecule has 0 aliphatic carbocycles. The Labute approximate surface area is 148 Å². The first kappa shape index (κ1) is 17.2. The number of hydrogen-bond donors (Lipinski definition) is 0. The van der Waals surface area contributed by atoms with Gasteiger partial charge in [-0.2, -0.15) is 0 Å². The molecule has 3 rings (SSSR count). The Morgan fingerprint density at radius 1 is 1.17 bits per heavy atom. The van der Waals surface area contributed by atoms with E-state index in [0.29, 0.717) is 12.5 Å². The van der Waals surface area contributed by atoms with Crippen LogP contribution in [0.1, 0.15) is 23.3 Å². The highest BCUT2D eigenvalue weighted by Gasteiger charge is 2.23. The molecule has 4 heteroatoms. The molecule has 1 aliphatic rings. The van der Waals surface area contributed by atoms with Crippen LogP contribution in [-0.4, -0.2) is 42.4 Å². The molecule has 0 bridgehead atoms. The number of likely N-dealkylation sites (N-methyl/N-ethyl adjacent to an activating group) is 1. The van der Waals surface area contributed by atoms with Crippen molar-refractivity contribution in [3.05, 3.63) is 58.3 Å². The van der Waals surface area contributed by atoms with E-state index >= 15 is 0 Å². The van der Waals surface area contributed by atoms with E-state index in [1.165, 1.54) is 10.4 Å². The van der Waals surface area contributed by atoms with Gasteiger partial charge in [-0.25, -0.2) is 0 Å². The molecule has 2 heterocycles.